The molecule has 1 aliphatic rings. The summed E-state index contributed by atoms with van der Waals surface area (Å²) in [5.74, 6) is -0.979. The van der Waals surface area contributed by atoms with Crippen LogP contribution in [-0.4, -0.2) is 22.2 Å². The lowest BCUT2D eigenvalue weighted by atomic mass is 9.75. The number of aromatic carboxylic acids is 2. The van der Waals surface area contributed by atoms with E-state index in [0.29, 0.717) is 11.5 Å². The van der Waals surface area contributed by atoms with Crippen LogP contribution in [0.4, 0.5) is 0 Å². The molecule has 0 aromatic heterocycles. The molecule has 0 saturated carbocycles. The summed E-state index contributed by atoms with van der Waals surface area (Å²) in [5.41, 5.74) is 1.46. The minimum Gasteiger partial charge on any atom is -0.478 e. The van der Waals surface area contributed by atoms with Gasteiger partial charge < -0.3 is 14.9 Å². The van der Waals surface area contributed by atoms with E-state index in [4.69, 9.17) is 14.9 Å². The van der Waals surface area contributed by atoms with E-state index in [0.717, 1.165) is 11.1 Å². The first-order valence-electron chi connectivity index (χ1n) is 6.74. The summed E-state index contributed by atoms with van der Waals surface area (Å²) >= 11 is 0. The van der Waals surface area contributed by atoms with Gasteiger partial charge in [-0.1, -0.05) is 19.9 Å². The third-order valence-electron chi connectivity index (χ3n) is 4.02. The molecule has 6 heteroatoms. The lowest BCUT2D eigenvalue weighted by Crippen LogP contribution is -2.25. The Labute approximate surface area is 138 Å². The van der Waals surface area contributed by atoms with Gasteiger partial charge >= 0.3 is 11.9 Å². The van der Waals surface area contributed by atoms with Gasteiger partial charge in [0.05, 0.1) is 11.1 Å². The predicted octanol–water partition coefficient (Wildman–Crippen LogP) is 3.94. The third-order valence-corrected chi connectivity index (χ3v) is 4.02. The highest BCUT2D eigenvalue weighted by atomic mass is 35.5. The van der Waals surface area contributed by atoms with Crippen molar-refractivity contribution in [2.75, 3.05) is 0 Å². The van der Waals surface area contributed by atoms with Crippen LogP contribution in [0.25, 0.3) is 0 Å². The van der Waals surface area contributed by atoms with Crippen molar-refractivity contribution in [1.29, 1.82) is 0 Å². The smallest absolute Gasteiger partial charge is 0.335 e. The first-order valence-corrected chi connectivity index (χ1v) is 6.74. The van der Waals surface area contributed by atoms with Crippen molar-refractivity contribution in [2.45, 2.75) is 19.3 Å². The van der Waals surface area contributed by atoms with Crippen LogP contribution in [0.2, 0.25) is 0 Å². The normalized spacial score (nSPS) is 13.8. The molecule has 2 N–H and O–H groups in total. The average Bonchev–Trinajstić information content (AvgIpc) is 2.46. The van der Waals surface area contributed by atoms with Gasteiger partial charge in [0.15, 0.2) is 0 Å². The second-order valence-corrected chi connectivity index (χ2v) is 5.76. The number of hydrogen-bond acceptors (Lipinski definition) is 3. The van der Waals surface area contributed by atoms with Crippen LogP contribution in [-0.2, 0) is 5.41 Å². The lowest BCUT2D eigenvalue weighted by Gasteiger charge is -2.34. The Balaban J connectivity index is 0.00000192. The van der Waals surface area contributed by atoms with E-state index in [1.807, 2.05) is 13.8 Å². The maximum atomic E-state index is 11.2. The molecule has 0 saturated heterocycles. The van der Waals surface area contributed by atoms with Crippen LogP contribution >= 0.6 is 12.4 Å². The van der Waals surface area contributed by atoms with Crippen LogP contribution in [0.5, 0.6) is 11.5 Å². The van der Waals surface area contributed by atoms with E-state index in [1.165, 1.54) is 18.2 Å². The molecular weight excluding hydrogens is 320 g/mol. The fraction of sp³-hybridized carbons (Fsp3) is 0.176. The van der Waals surface area contributed by atoms with Crippen LogP contribution in [0.3, 0.4) is 0 Å². The van der Waals surface area contributed by atoms with Crippen molar-refractivity contribution in [3.63, 3.8) is 0 Å². The molecule has 0 spiro atoms. The Morgan fingerprint density at radius 1 is 0.870 bits per heavy atom. The number of fused-ring (bicyclic) bond motifs is 2. The van der Waals surface area contributed by atoms with Gasteiger partial charge in [-0.15, -0.1) is 12.4 Å². The SMILES string of the molecule is CC1(C)c2ccc(C(=O)O)cc2Oc2ccc(C(=O)O)cc21.Cl. The van der Waals surface area contributed by atoms with E-state index < -0.39 is 17.4 Å². The first kappa shape index (κ1) is 16.8. The summed E-state index contributed by atoms with van der Waals surface area (Å²) in [4.78, 5) is 22.2. The molecule has 0 unspecified atom stereocenters. The molecule has 2 aromatic rings. The maximum Gasteiger partial charge on any atom is 0.335 e. The van der Waals surface area contributed by atoms with Gasteiger partial charge in [-0.05, 0) is 30.3 Å². The largest absolute Gasteiger partial charge is 0.478 e. The molecule has 0 bridgehead atoms. The average molecular weight is 335 g/mol. The second-order valence-electron chi connectivity index (χ2n) is 5.76. The number of carboxylic acid groups (broad SMARTS) is 2. The summed E-state index contributed by atoms with van der Waals surface area (Å²) < 4.78 is 5.78. The fourth-order valence-electron chi connectivity index (χ4n) is 2.76. The van der Waals surface area contributed by atoms with E-state index in [1.54, 1.807) is 18.2 Å². The van der Waals surface area contributed by atoms with Crippen LogP contribution in [0.1, 0.15) is 45.7 Å². The Kier molecular flexibility index (Phi) is 4.09. The Hall–Kier alpha value is -2.53. The van der Waals surface area contributed by atoms with Crippen molar-refractivity contribution in [3.05, 3.63) is 58.7 Å². The highest BCUT2D eigenvalue weighted by Gasteiger charge is 2.35. The number of hydrogen-bond donors (Lipinski definition) is 2. The topological polar surface area (TPSA) is 83.8 Å². The first-order chi connectivity index (χ1) is 10.3. The van der Waals surface area contributed by atoms with Crippen LogP contribution in [0.15, 0.2) is 36.4 Å². The molecule has 120 valence electrons. The molecule has 3 rings (SSSR count). The molecule has 1 aliphatic heterocycles. The van der Waals surface area contributed by atoms with Crippen molar-refractivity contribution >= 4 is 24.3 Å². The standard InChI is InChI=1S/C17H14O5.ClH/c1-17(2)11-5-3-10(16(20)21)8-14(11)22-13-6-4-9(15(18)19)7-12(13)17;/h3-8H,1-2H3,(H,18,19)(H,20,21);1H. The summed E-state index contributed by atoms with van der Waals surface area (Å²) in [6, 6.07) is 9.42. The minimum atomic E-state index is -1.02. The monoisotopic (exact) mass is 334 g/mol. The number of carboxylic acids is 2. The highest BCUT2D eigenvalue weighted by molar-refractivity contribution is 5.89. The molecule has 0 fully saturated rings. The lowest BCUT2D eigenvalue weighted by molar-refractivity contribution is 0.0685. The molecule has 0 aliphatic carbocycles. The van der Waals surface area contributed by atoms with Gasteiger partial charge in [-0.3, -0.25) is 0 Å². The number of carbonyl (C=O) groups is 2. The summed E-state index contributed by atoms with van der Waals surface area (Å²) in [6.45, 7) is 3.92. The van der Waals surface area contributed by atoms with Gasteiger partial charge in [-0.25, -0.2) is 9.59 Å². The quantitative estimate of drug-likeness (QED) is 0.869. The van der Waals surface area contributed by atoms with Crippen molar-refractivity contribution in [2.24, 2.45) is 0 Å². The second kappa shape index (κ2) is 5.59. The molecule has 0 radical (unpaired) electrons. The van der Waals surface area contributed by atoms with Crippen molar-refractivity contribution < 1.29 is 24.5 Å². The molecule has 23 heavy (non-hydrogen) atoms. The summed E-state index contributed by atoms with van der Waals surface area (Å²) in [7, 11) is 0. The zero-order valence-electron chi connectivity index (χ0n) is 12.5. The molecule has 0 amide bonds. The van der Waals surface area contributed by atoms with E-state index in [2.05, 4.69) is 0 Å². The molecule has 2 aromatic carbocycles. The minimum absolute atomic E-state index is 0. The zero-order chi connectivity index (χ0) is 16.1. The fourth-order valence-corrected chi connectivity index (χ4v) is 2.76. The molecule has 0 atom stereocenters. The van der Waals surface area contributed by atoms with Gasteiger partial charge in [-0.2, -0.15) is 0 Å². The van der Waals surface area contributed by atoms with Crippen LogP contribution in [0, 0.1) is 0 Å². The van der Waals surface area contributed by atoms with E-state index in [-0.39, 0.29) is 23.5 Å². The highest BCUT2D eigenvalue weighted by Crippen LogP contribution is 2.48. The van der Waals surface area contributed by atoms with Gasteiger partial charge in [0.2, 0.25) is 0 Å². The third kappa shape index (κ3) is 2.64. The number of rotatable bonds is 2. The molecular formula is C17H15ClO5. The van der Waals surface area contributed by atoms with Gasteiger partial charge in [0, 0.05) is 16.5 Å². The van der Waals surface area contributed by atoms with Gasteiger partial charge in [0.25, 0.3) is 0 Å². The van der Waals surface area contributed by atoms with Crippen LogP contribution < -0.4 is 4.74 Å². The zero-order valence-corrected chi connectivity index (χ0v) is 13.3. The Bertz CT molecular complexity index is 811. The maximum absolute atomic E-state index is 11.2. The summed E-state index contributed by atoms with van der Waals surface area (Å²) in [5, 5.41) is 18.2. The number of ether oxygens (including phenoxy) is 1. The summed E-state index contributed by atoms with van der Waals surface area (Å²) in [6.07, 6.45) is 0. The number of benzene rings is 2. The van der Waals surface area contributed by atoms with E-state index in [9.17, 15) is 9.59 Å². The van der Waals surface area contributed by atoms with Crippen molar-refractivity contribution in [1.82, 2.24) is 0 Å². The Morgan fingerprint density at radius 3 is 2.04 bits per heavy atom. The van der Waals surface area contributed by atoms with Gasteiger partial charge in [0.1, 0.15) is 11.5 Å². The predicted molar refractivity (Wildman–Crippen MR) is 86.3 cm³/mol. The number of halogens is 1. The molecule has 5 nitrogen and oxygen atoms in total. The van der Waals surface area contributed by atoms with Crippen molar-refractivity contribution in [3.8, 4) is 11.5 Å². The Morgan fingerprint density at radius 2 is 1.43 bits per heavy atom. The van der Waals surface area contributed by atoms with E-state index >= 15 is 0 Å². The molecule has 1 heterocycles.